The molecule has 0 heterocycles. The molecule has 10 aliphatic rings. The number of anilines is 3. The molecular weight excluding hydrogens is 735 g/mol. The smallest absolute Gasteiger partial charge is 0.0468 e. The van der Waals surface area contributed by atoms with Crippen molar-refractivity contribution in [3.8, 4) is 33.4 Å². The van der Waals surface area contributed by atoms with Gasteiger partial charge in [0.2, 0.25) is 0 Å². The lowest BCUT2D eigenvalue weighted by Crippen LogP contribution is -2.55. The maximum atomic E-state index is 2.65. The van der Waals surface area contributed by atoms with Gasteiger partial charge in [-0.1, -0.05) is 111 Å². The third-order valence-electron chi connectivity index (χ3n) is 19.8. The third-order valence-corrected chi connectivity index (χ3v) is 19.8. The van der Waals surface area contributed by atoms with Gasteiger partial charge in [0.05, 0.1) is 0 Å². The molecular formula is C60H57N. The van der Waals surface area contributed by atoms with E-state index in [4.69, 9.17) is 0 Å². The minimum Gasteiger partial charge on any atom is -0.310 e. The molecule has 2 spiro atoms. The monoisotopic (exact) mass is 791 g/mol. The molecule has 1 nitrogen and oxygen atoms in total. The van der Waals surface area contributed by atoms with Gasteiger partial charge in [-0.15, -0.1) is 0 Å². The van der Waals surface area contributed by atoms with Crippen molar-refractivity contribution in [2.45, 2.75) is 101 Å². The second-order valence-corrected chi connectivity index (χ2v) is 22.4. The average Bonchev–Trinajstić information content (AvgIpc) is 3.82. The second kappa shape index (κ2) is 11.8. The van der Waals surface area contributed by atoms with Crippen molar-refractivity contribution in [1.82, 2.24) is 0 Å². The first kappa shape index (κ1) is 34.7. The molecule has 0 amide bonds. The van der Waals surface area contributed by atoms with Crippen LogP contribution in [0.15, 0.2) is 127 Å². The van der Waals surface area contributed by atoms with E-state index in [9.17, 15) is 0 Å². The first-order valence-corrected chi connectivity index (χ1v) is 24.5. The average molecular weight is 792 g/mol. The largest absolute Gasteiger partial charge is 0.310 e. The van der Waals surface area contributed by atoms with Crippen LogP contribution in [0.2, 0.25) is 0 Å². The van der Waals surface area contributed by atoms with E-state index in [1.54, 1.807) is 22.3 Å². The van der Waals surface area contributed by atoms with Crippen molar-refractivity contribution in [1.29, 1.82) is 0 Å². The summed E-state index contributed by atoms with van der Waals surface area (Å²) >= 11 is 0. The molecule has 7 fully saturated rings. The molecule has 0 saturated heterocycles. The lowest BCUT2D eigenvalue weighted by atomic mass is 9.43. The summed E-state index contributed by atoms with van der Waals surface area (Å²) in [4.78, 5) is 2.65. The molecule has 0 aliphatic heterocycles. The quantitative estimate of drug-likeness (QED) is 0.173. The fourth-order valence-corrected chi connectivity index (χ4v) is 18.0. The first-order chi connectivity index (χ1) is 29.9. The molecule has 7 bridgehead atoms. The maximum Gasteiger partial charge on any atom is 0.0468 e. The summed E-state index contributed by atoms with van der Waals surface area (Å²) in [6, 6.07) is 51.5. The van der Waals surface area contributed by atoms with Gasteiger partial charge in [-0.05, 0) is 215 Å². The Balaban J connectivity index is 0.941. The van der Waals surface area contributed by atoms with Crippen LogP contribution >= 0.6 is 0 Å². The van der Waals surface area contributed by atoms with Crippen molar-refractivity contribution < 1.29 is 0 Å². The number of hydrogen-bond acceptors (Lipinski definition) is 1. The normalized spacial score (nSPS) is 33.9. The summed E-state index contributed by atoms with van der Waals surface area (Å²) in [5, 5.41) is 0. The zero-order valence-corrected chi connectivity index (χ0v) is 36.0. The third kappa shape index (κ3) is 4.17. The van der Waals surface area contributed by atoms with Gasteiger partial charge in [-0.25, -0.2) is 0 Å². The van der Waals surface area contributed by atoms with E-state index in [-0.39, 0.29) is 16.2 Å². The van der Waals surface area contributed by atoms with Crippen molar-refractivity contribution in [2.24, 2.45) is 47.3 Å². The minimum absolute atomic E-state index is 0.0717. The fraction of sp³-hybridized carbons (Fsp3) is 0.400. The topological polar surface area (TPSA) is 3.24 Å². The van der Waals surface area contributed by atoms with Gasteiger partial charge in [0, 0.05) is 33.3 Å². The van der Waals surface area contributed by atoms with Gasteiger partial charge < -0.3 is 4.90 Å². The summed E-state index contributed by atoms with van der Waals surface area (Å²) in [5.41, 5.74) is 22.4. The van der Waals surface area contributed by atoms with E-state index in [1.807, 2.05) is 0 Å². The Bertz CT molecular complexity index is 2840. The summed E-state index contributed by atoms with van der Waals surface area (Å²) < 4.78 is 0. The van der Waals surface area contributed by atoms with Crippen LogP contribution in [0.1, 0.15) is 118 Å². The molecule has 0 aromatic heterocycles. The Kier molecular flexibility index (Phi) is 6.69. The number of rotatable bonds is 3. The Morgan fingerprint density at radius 2 is 0.869 bits per heavy atom. The fourth-order valence-electron chi connectivity index (χ4n) is 18.0. The Hall–Kier alpha value is -4.88. The van der Waals surface area contributed by atoms with E-state index >= 15 is 0 Å². The van der Waals surface area contributed by atoms with Crippen LogP contribution in [0.3, 0.4) is 0 Å². The van der Waals surface area contributed by atoms with Gasteiger partial charge in [0.25, 0.3) is 0 Å². The highest BCUT2D eigenvalue weighted by Crippen LogP contribution is 2.71. The Labute approximate surface area is 362 Å². The van der Waals surface area contributed by atoms with Gasteiger partial charge in [-0.3, -0.25) is 0 Å². The highest BCUT2D eigenvalue weighted by Gasteiger charge is 2.63. The van der Waals surface area contributed by atoms with Crippen molar-refractivity contribution in [3.63, 3.8) is 0 Å². The zero-order chi connectivity index (χ0) is 40.0. The summed E-state index contributed by atoms with van der Waals surface area (Å²) in [5.74, 6) is 6.77. The molecule has 7 saturated carbocycles. The van der Waals surface area contributed by atoms with Crippen LogP contribution < -0.4 is 4.90 Å². The lowest BCUT2D eigenvalue weighted by Gasteiger charge is -2.61. The van der Waals surface area contributed by atoms with Crippen LogP contribution in [0.25, 0.3) is 33.4 Å². The molecule has 5 unspecified atom stereocenters. The molecule has 1 heteroatoms. The molecule has 10 aliphatic carbocycles. The summed E-state index contributed by atoms with van der Waals surface area (Å²) in [7, 11) is 0. The van der Waals surface area contributed by atoms with Crippen LogP contribution in [0.4, 0.5) is 17.1 Å². The maximum absolute atomic E-state index is 2.65. The van der Waals surface area contributed by atoms with Gasteiger partial charge >= 0.3 is 0 Å². The molecule has 302 valence electrons. The van der Waals surface area contributed by atoms with E-state index in [0.717, 1.165) is 47.3 Å². The van der Waals surface area contributed by atoms with E-state index in [1.165, 1.54) is 132 Å². The summed E-state index contributed by atoms with van der Waals surface area (Å²) in [6.45, 7) is 4.87. The molecule has 5 atom stereocenters. The van der Waals surface area contributed by atoms with Crippen molar-refractivity contribution in [3.05, 3.63) is 161 Å². The summed E-state index contributed by atoms with van der Waals surface area (Å²) in [6.07, 6.45) is 15.8. The predicted molar refractivity (Wildman–Crippen MR) is 250 cm³/mol. The van der Waals surface area contributed by atoms with Gasteiger partial charge in [0.1, 0.15) is 0 Å². The highest BCUT2D eigenvalue weighted by atomic mass is 15.1. The SMILES string of the molecule is CC1(C)c2ccccc2-c2ccc(N(c3ccc4c(c3)-c3ccccc3C43C4CC5CC(C4)CC3C5)c3ccc4c(c3)-c3ccccc3C43C4CCC5CCC(C4)CC53)cc21. The standard InChI is InChI=1S/C60H57N/c1-58(2)51-12-6-3-9-45(51)48-22-19-44(34-57(48)58)61(42-20-23-54-49(32-42)46-10-4-7-13-52(46)59(54)40-27-36-25-37(29-40)30-41(59)28-36)43-21-24-55-50(33-43)47-11-5-8-14-53(47)60(55)39-18-17-38-16-15-35(26-39)31-56(38)60/h3-14,19-24,32-41,56H,15-18,25-31H2,1-2H3. The van der Waals surface area contributed by atoms with Crippen molar-refractivity contribution >= 4 is 17.1 Å². The van der Waals surface area contributed by atoms with Crippen LogP contribution in [-0.2, 0) is 16.2 Å². The second-order valence-electron chi connectivity index (χ2n) is 22.4. The van der Waals surface area contributed by atoms with Crippen LogP contribution in [0.5, 0.6) is 0 Å². The molecule has 6 aromatic rings. The van der Waals surface area contributed by atoms with E-state index < -0.39 is 0 Å². The van der Waals surface area contributed by atoms with E-state index in [2.05, 4.69) is 146 Å². The molecule has 61 heavy (non-hydrogen) atoms. The number of benzene rings is 6. The Morgan fingerprint density at radius 3 is 1.54 bits per heavy atom. The molecule has 6 aromatic carbocycles. The van der Waals surface area contributed by atoms with Gasteiger partial charge in [-0.2, -0.15) is 0 Å². The zero-order valence-electron chi connectivity index (χ0n) is 36.0. The first-order valence-electron chi connectivity index (χ1n) is 24.5. The molecule has 0 N–H and O–H groups in total. The molecule has 16 rings (SSSR count). The molecule has 0 radical (unpaired) electrons. The number of hydrogen-bond donors (Lipinski definition) is 0. The number of fused-ring (bicyclic) bond motifs is 10. The minimum atomic E-state index is -0.0717. The van der Waals surface area contributed by atoms with Gasteiger partial charge in [0.15, 0.2) is 0 Å². The predicted octanol–water partition coefficient (Wildman–Crippen LogP) is 15.3. The van der Waals surface area contributed by atoms with Crippen molar-refractivity contribution in [2.75, 3.05) is 4.90 Å². The number of nitrogens with zero attached hydrogens (tertiary/aromatic N) is 1. The van der Waals surface area contributed by atoms with Crippen LogP contribution in [-0.4, -0.2) is 0 Å². The highest BCUT2D eigenvalue weighted by molar-refractivity contribution is 5.92. The van der Waals surface area contributed by atoms with Crippen LogP contribution in [0, 0.1) is 47.3 Å². The Morgan fingerprint density at radius 1 is 0.377 bits per heavy atom. The lowest BCUT2D eigenvalue weighted by molar-refractivity contribution is -0.0399. The van der Waals surface area contributed by atoms with E-state index in [0.29, 0.717) is 0 Å².